The molecule has 3 nitrogen and oxygen atoms in total. The molecule has 0 aromatic carbocycles. The van der Waals surface area contributed by atoms with Crippen LogP contribution < -0.4 is 0 Å². The van der Waals surface area contributed by atoms with E-state index in [0.29, 0.717) is 6.54 Å². The summed E-state index contributed by atoms with van der Waals surface area (Å²) in [6.45, 7) is 7.12. The van der Waals surface area contributed by atoms with Crippen LogP contribution in [0.1, 0.15) is 48.8 Å². The molecule has 0 saturated heterocycles. The van der Waals surface area contributed by atoms with Crippen LogP contribution in [0.2, 0.25) is 0 Å². The molecule has 0 unspecified atom stereocenters. The van der Waals surface area contributed by atoms with Crippen molar-refractivity contribution in [2.75, 3.05) is 19.6 Å². The Kier molecular flexibility index (Phi) is 14.4. The summed E-state index contributed by atoms with van der Waals surface area (Å²) in [5.41, 5.74) is 0. The van der Waals surface area contributed by atoms with Crippen molar-refractivity contribution < 1.29 is 12.8 Å². The smallest absolute Gasteiger partial charge is 1.00 e. The zero-order chi connectivity index (χ0) is 10.8. The number of carbonyl (C=O) groups is 1. The van der Waals surface area contributed by atoms with E-state index in [4.69, 9.17) is 5.11 Å². The zero-order valence-corrected chi connectivity index (χ0v) is 11.6. The molecule has 1 N–H and O–H groups in total. The molecule has 0 radical (unpaired) electrons. The summed E-state index contributed by atoms with van der Waals surface area (Å²) >= 11 is 0. The molecule has 0 rings (SSSR count). The Morgan fingerprint density at radius 2 is 1.60 bits per heavy atom. The average Bonchev–Trinajstić information content (AvgIpc) is 2.16. The topological polar surface area (TPSA) is 40.5 Å². The Morgan fingerprint density at radius 3 is 1.93 bits per heavy atom. The van der Waals surface area contributed by atoms with E-state index in [1.807, 2.05) is 0 Å². The Morgan fingerprint density at radius 1 is 1.13 bits per heavy atom. The second-order valence-electron chi connectivity index (χ2n) is 3.69. The first-order valence-electron chi connectivity index (χ1n) is 5.64. The molecule has 0 spiro atoms. The third kappa shape index (κ3) is 12.1. The van der Waals surface area contributed by atoms with Gasteiger partial charge < -0.3 is 12.9 Å². The van der Waals surface area contributed by atoms with Crippen molar-refractivity contribution in [1.29, 1.82) is 0 Å². The third-order valence-corrected chi connectivity index (χ3v) is 2.30. The van der Waals surface area contributed by atoms with Gasteiger partial charge in [0.1, 0.15) is 0 Å². The van der Waals surface area contributed by atoms with E-state index in [1.165, 1.54) is 25.7 Å². The van der Waals surface area contributed by atoms with Crippen molar-refractivity contribution in [3.8, 4) is 0 Å². The molecule has 0 aromatic heterocycles. The van der Waals surface area contributed by atoms with Gasteiger partial charge in [-0.3, -0.25) is 4.79 Å². The van der Waals surface area contributed by atoms with E-state index < -0.39 is 5.97 Å². The average molecular weight is 228 g/mol. The minimum absolute atomic E-state index is 0. The summed E-state index contributed by atoms with van der Waals surface area (Å²) in [4.78, 5) is 12.7. The molecule has 15 heavy (non-hydrogen) atoms. The Bertz CT molecular complexity index is 154. The van der Waals surface area contributed by atoms with Gasteiger partial charge in [0, 0.05) is 6.54 Å². The Labute approximate surface area is 112 Å². The van der Waals surface area contributed by atoms with Gasteiger partial charge >= 0.3 is 29.0 Å². The number of aliphatic carboxylic acids is 1. The van der Waals surface area contributed by atoms with Crippen molar-refractivity contribution in [3.05, 3.63) is 0 Å². The maximum Gasteiger partial charge on any atom is 2.00 e. The first-order valence-corrected chi connectivity index (χ1v) is 5.64. The number of hydrogen-bond donors (Lipinski definition) is 1. The summed E-state index contributed by atoms with van der Waals surface area (Å²) in [6, 6.07) is 0. The van der Waals surface area contributed by atoms with Crippen LogP contribution in [0.15, 0.2) is 0 Å². The van der Waals surface area contributed by atoms with E-state index in [0.717, 1.165) is 13.1 Å². The van der Waals surface area contributed by atoms with Crippen LogP contribution in [-0.4, -0.2) is 58.7 Å². The van der Waals surface area contributed by atoms with Crippen molar-refractivity contribution in [2.24, 2.45) is 0 Å². The SMILES string of the molecule is CCCCN(CCCC)CCC(=O)O.[H-].[H-].[Mg+2]. The molecule has 0 aromatic rings. The molecular formula is C11H25MgNO2. The van der Waals surface area contributed by atoms with Crippen LogP contribution in [0.3, 0.4) is 0 Å². The summed E-state index contributed by atoms with van der Waals surface area (Å²) in [6.07, 6.45) is 4.96. The standard InChI is InChI=1S/C11H23NO2.Mg.2H/c1-3-5-8-12(9-6-4-2)10-7-11(13)14;;;/h3-10H2,1-2H3,(H,13,14);;;/q;+2;2*-1. The van der Waals surface area contributed by atoms with Crippen molar-refractivity contribution in [3.63, 3.8) is 0 Å². The molecule has 0 fully saturated rings. The fourth-order valence-electron chi connectivity index (χ4n) is 1.35. The molecule has 0 bridgehead atoms. The van der Waals surface area contributed by atoms with Gasteiger partial charge in [0.15, 0.2) is 0 Å². The number of carboxylic acid groups (broad SMARTS) is 1. The van der Waals surface area contributed by atoms with Crippen LogP contribution in [0.4, 0.5) is 0 Å². The molecule has 0 heterocycles. The van der Waals surface area contributed by atoms with E-state index >= 15 is 0 Å². The van der Waals surface area contributed by atoms with Gasteiger partial charge in [0.05, 0.1) is 6.42 Å². The number of rotatable bonds is 9. The Balaban J connectivity index is -0.000000282. The number of hydrogen-bond acceptors (Lipinski definition) is 2. The van der Waals surface area contributed by atoms with Crippen LogP contribution >= 0.6 is 0 Å². The molecule has 0 aliphatic rings. The van der Waals surface area contributed by atoms with E-state index in [-0.39, 0.29) is 32.3 Å². The number of unbranched alkanes of at least 4 members (excludes halogenated alkanes) is 2. The molecule has 0 aliphatic carbocycles. The number of nitrogens with zero attached hydrogens (tertiary/aromatic N) is 1. The first-order chi connectivity index (χ1) is 6.70. The van der Waals surface area contributed by atoms with E-state index in [9.17, 15) is 4.79 Å². The van der Waals surface area contributed by atoms with E-state index in [2.05, 4.69) is 18.7 Å². The first kappa shape index (κ1) is 17.6. The number of carboxylic acids is 1. The van der Waals surface area contributed by atoms with Gasteiger partial charge in [-0.25, -0.2) is 0 Å². The summed E-state index contributed by atoms with van der Waals surface area (Å²) in [7, 11) is 0. The molecule has 0 saturated carbocycles. The van der Waals surface area contributed by atoms with Gasteiger partial charge in [-0.05, 0) is 25.9 Å². The third-order valence-electron chi connectivity index (χ3n) is 2.30. The molecule has 88 valence electrons. The van der Waals surface area contributed by atoms with Gasteiger partial charge in [-0.15, -0.1) is 0 Å². The normalized spacial score (nSPS) is 10.1. The van der Waals surface area contributed by atoms with Crippen LogP contribution in [0, 0.1) is 0 Å². The van der Waals surface area contributed by atoms with Crippen molar-refractivity contribution in [2.45, 2.75) is 46.0 Å². The summed E-state index contributed by atoms with van der Waals surface area (Å²) in [5.74, 6) is -0.692. The minimum atomic E-state index is -0.692. The second kappa shape index (κ2) is 12.3. The zero-order valence-electron chi connectivity index (χ0n) is 12.2. The van der Waals surface area contributed by atoms with Crippen LogP contribution in [0.5, 0.6) is 0 Å². The molecule has 0 atom stereocenters. The van der Waals surface area contributed by atoms with Gasteiger partial charge in [0.25, 0.3) is 0 Å². The molecular weight excluding hydrogens is 202 g/mol. The molecule has 0 amide bonds. The van der Waals surface area contributed by atoms with Crippen LogP contribution in [0.25, 0.3) is 0 Å². The van der Waals surface area contributed by atoms with Crippen molar-refractivity contribution in [1.82, 2.24) is 4.90 Å². The van der Waals surface area contributed by atoms with Gasteiger partial charge in [-0.1, -0.05) is 26.7 Å². The fourth-order valence-corrected chi connectivity index (χ4v) is 1.35. The molecule has 4 heteroatoms. The molecule has 0 aliphatic heterocycles. The summed E-state index contributed by atoms with van der Waals surface area (Å²) in [5, 5.41) is 8.59. The predicted molar refractivity (Wildman–Crippen MR) is 66.5 cm³/mol. The quantitative estimate of drug-likeness (QED) is 0.614. The second-order valence-corrected chi connectivity index (χ2v) is 3.69. The van der Waals surface area contributed by atoms with Crippen LogP contribution in [-0.2, 0) is 4.79 Å². The minimum Gasteiger partial charge on any atom is -1.00 e. The maximum absolute atomic E-state index is 10.4. The maximum atomic E-state index is 10.4. The van der Waals surface area contributed by atoms with Gasteiger partial charge in [0.2, 0.25) is 0 Å². The largest absolute Gasteiger partial charge is 2.00 e. The monoisotopic (exact) mass is 227 g/mol. The summed E-state index contributed by atoms with van der Waals surface area (Å²) < 4.78 is 0. The fraction of sp³-hybridized carbons (Fsp3) is 0.909. The van der Waals surface area contributed by atoms with Crippen molar-refractivity contribution >= 4 is 29.0 Å². The van der Waals surface area contributed by atoms with Gasteiger partial charge in [-0.2, -0.15) is 0 Å². The predicted octanol–water partition coefficient (Wildman–Crippen LogP) is 2.21. The Hall–Kier alpha value is 0.196. The van der Waals surface area contributed by atoms with E-state index in [1.54, 1.807) is 0 Å².